The molecule has 1 fully saturated rings. The second-order valence-electron chi connectivity index (χ2n) is 5.72. The van der Waals surface area contributed by atoms with Crippen LogP contribution in [0.4, 0.5) is 0 Å². The van der Waals surface area contributed by atoms with Crippen molar-refractivity contribution in [2.24, 2.45) is 5.73 Å². The highest BCUT2D eigenvalue weighted by Crippen LogP contribution is 2.14. The van der Waals surface area contributed by atoms with Gasteiger partial charge in [-0.2, -0.15) is 0 Å². The maximum absolute atomic E-state index is 5.78. The van der Waals surface area contributed by atoms with E-state index < -0.39 is 0 Å². The molecule has 0 spiro atoms. The van der Waals surface area contributed by atoms with Crippen LogP contribution < -0.4 is 10.5 Å². The van der Waals surface area contributed by atoms with Gasteiger partial charge in [0.25, 0.3) is 0 Å². The van der Waals surface area contributed by atoms with Gasteiger partial charge >= 0.3 is 0 Å². The van der Waals surface area contributed by atoms with Crippen LogP contribution in [0.25, 0.3) is 0 Å². The molecule has 0 saturated carbocycles. The largest absolute Gasteiger partial charge is 0.494 e. The Morgan fingerprint density at radius 1 is 1.43 bits per heavy atom. The predicted octanol–water partition coefficient (Wildman–Crippen LogP) is 1.73. The molecule has 1 aliphatic heterocycles. The Morgan fingerprint density at radius 2 is 2.24 bits per heavy atom. The Hall–Kier alpha value is -1.17. The molecule has 1 aromatic carbocycles. The van der Waals surface area contributed by atoms with Gasteiger partial charge in [-0.3, -0.25) is 0 Å². The lowest BCUT2D eigenvalue weighted by molar-refractivity contribution is 0.100. The van der Waals surface area contributed by atoms with E-state index in [2.05, 4.69) is 23.8 Å². The highest BCUT2D eigenvalue weighted by molar-refractivity contribution is 7.80. The fourth-order valence-electron chi connectivity index (χ4n) is 2.54. The lowest BCUT2D eigenvalue weighted by Crippen LogP contribution is -2.50. The van der Waals surface area contributed by atoms with Crippen molar-refractivity contribution in [1.82, 2.24) is 9.80 Å². The molecule has 0 radical (unpaired) electrons. The van der Waals surface area contributed by atoms with Gasteiger partial charge in [0.15, 0.2) is 0 Å². The van der Waals surface area contributed by atoms with Gasteiger partial charge in [-0.05, 0) is 32.5 Å². The van der Waals surface area contributed by atoms with Crippen molar-refractivity contribution < 1.29 is 4.74 Å². The zero-order chi connectivity index (χ0) is 15.2. The molecule has 21 heavy (non-hydrogen) atoms. The van der Waals surface area contributed by atoms with E-state index in [1.165, 1.54) is 0 Å². The van der Waals surface area contributed by atoms with Crippen LogP contribution in [0, 0.1) is 0 Å². The van der Waals surface area contributed by atoms with Crippen molar-refractivity contribution in [3.05, 3.63) is 29.8 Å². The molecule has 0 amide bonds. The molecule has 4 nitrogen and oxygen atoms in total. The number of hydrogen-bond donors (Lipinski definition) is 1. The fourth-order valence-corrected chi connectivity index (χ4v) is 2.67. The molecule has 1 atom stereocenters. The standard InChI is InChI=1S/C16H25N3OS/c1-13-12-19(9-8-18(13)2)7-4-10-20-15-6-3-5-14(11-15)16(17)21/h3,5-6,11,13H,4,7-10,12H2,1-2H3,(H2,17,21). The lowest BCUT2D eigenvalue weighted by Gasteiger charge is -2.37. The molecule has 2 rings (SSSR count). The average molecular weight is 307 g/mol. The van der Waals surface area contributed by atoms with Gasteiger partial charge in [-0.1, -0.05) is 24.4 Å². The van der Waals surface area contributed by atoms with Crippen LogP contribution >= 0.6 is 12.2 Å². The molecular formula is C16H25N3OS. The van der Waals surface area contributed by atoms with Crippen LogP contribution in [-0.2, 0) is 0 Å². The maximum atomic E-state index is 5.78. The second-order valence-corrected chi connectivity index (χ2v) is 6.16. The van der Waals surface area contributed by atoms with E-state index in [4.69, 9.17) is 22.7 Å². The van der Waals surface area contributed by atoms with Crippen LogP contribution in [0.3, 0.4) is 0 Å². The summed E-state index contributed by atoms with van der Waals surface area (Å²) in [6, 6.07) is 8.31. The van der Waals surface area contributed by atoms with Crippen LogP contribution in [0.15, 0.2) is 24.3 Å². The Balaban J connectivity index is 1.70. The van der Waals surface area contributed by atoms with E-state index in [-0.39, 0.29) is 0 Å². The number of likely N-dealkylation sites (N-methyl/N-ethyl adjacent to an activating group) is 1. The summed E-state index contributed by atoms with van der Waals surface area (Å²) < 4.78 is 5.78. The summed E-state index contributed by atoms with van der Waals surface area (Å²) in [5, 5.41) is 0. The highest BCUT2D eigenvalue weighted by atomic mass is 32.1. The van der Waals surface area contributed by atoms with Gasteiger partial charge in [0.1, 0.15) is 10.7 Å². The van der Waals surface area contributed by atoms with Crippen LogP contribution in [0.2, 0.25) is 0 Å². The summed E-state index contributed by atoms with van der Waals surface area (Å²) in [4.78, 5) is 5.33. The van der Waals surface area contributed by atoms with Crippen LogP contribution in [0.5, 0.6) is 5.75 Å². The van der Waals surface area contributed by atoms with Gasteiger partial charge in [-0.25, -0.2) is 0 Å². The van der Waals surface area contributed by atoms with Gasteiger partial charge in [0, 0.05) is 37.8 Å². The Labute approximate surface area is 132 Å². The van der Waals surface area contributed by atoms with E-state index in [0.29, 0.717) is 11.0 Å². The predicted molar refractivity (Wildman–Crippen MR) is 91.0 cm³/mol. The minimum atomic E-state index is 0.409. The number of piperazine rings is 1. The molecule has 1 aliphatic rings. The molecular weight excluding hydrogens is 282 g/mol. The normalized spacial score (nSPS) is 20.4. The SMILES string of the molecule is CC1CN(CCCOc2cccc(C(N)=S)c2)CCN1C. The van der Waals surface area contributed by atoms with Crippen molar-refractivity contribution in [2.45, 2.75) is 19.4 Å². The molecule has 1 saturated heterocycles. The minimum Gasteiger partial charge on any atom is -0.494 e. The van der Waals surface area contributed by atoms with Gasteiger partial charge in [-0.15, -0.1) is 0 Å². The zero-order valence-corrected chi connectivity index (χ0v) is 13.7. The second kappa shape index (κ2) is 7.73. The highest BCUT2D eigenvalue weighted by Gasteiger charge is 2.19. The van der Waals surface area contributed by atoms with E-state index in [1.54, 1.807) is 0 Å². The monoisotopic (exact) mass is 307 g/mol. The number of nitrogens with zero attached hydrogens (tertiary/aromatic N) is 2. The number of thiocarbonyl (C=S) groups is 1. The van der Waals surface area contributed by atoms with Gasteiger partial charge < -0.3 is 20.3 Å². The number of hydrogen-bond acceptors (Lipinski definition) is 4. The summed E-state index contributed by atoms with van der Waals surface area (Å²) in [6.45, 7) is 7.54. The smallest absolute Gasteiger partial charge is 0.119 e. The van der Waals surface area contributed by atoms with Crippen molar-refractivity contribution in [3.8, 4) is 5.75 Å². The van der Waals surface area contributed by atoms with Crippen molar-refractivity contribution in [1.29, 1.82) is 0 Å². The van der Waals surface area contributed by atoms with E-state index in [0.717, 1.165) is 50.5 Å². The molecule has 1 unspecified atom stereocenters. The molecule has 2 N–H and O–H groups in total. The van der Waals surface area contributed by atoms with Gasteiger partial charge in [0.2, 0.25) is 0 Å². The van der Waals surface area contributed by atoms with E-state index in [1.807, 2.05) is 24.3 Å². The van der Waals surface area contributed by atoms with Gasteiger partial charge in [0.05, 0.1) is 6.61 Å². The van der Waals surface area contributed by atoms with Crippen molar-refractivity contribution in [3.63, 3.8) is 0 Å². The molecule has 5 heteroatoms. The van der Waals surface area contributed by atoms with E-state index in [9.17, 15) is 0 Å². The third kappa shape index (κ3) is 4.95. The summed E-state index contributed by atoms with van der Waals surface area (Å²) in [7, 11) is 2.19. The zero-order valence-electron chi connectivity index (χ0n) is 12.9. The van der Waals surface area contributed by atoms with E-state index >= 15 is 0 Å². The first kappa shape index (κ1) is 16.2. The van der Waals surface area contributed by atoms with Crippen molar-refractivity contribution in [2.75, 3.05) is 39.8 Å². The fraction of sp³-hybridized carbons (Fsp3) is 0.562. The lowest BCUT2D eigenvalue weighted by atomic mass is 10.2. The number of ether oxygens (including phenoxy) is 1. The Bertz CT molecular complexity index is 480. The van der Waals surface area contributed by atoms with Crippen molar-refractivity contribution >= 4 is 17.2 Å². The first-order valence-electron chi connectivity index (χ1n) is 7.51. The third-order valence-electron chi connectivity index (χ3n) is 4.05. The molecule has 1 aromatic rings. The summed E-state index contributed by atoms with van der Waals surface area (Å²) >= 11 is 4.97. The number of rotatable bonds is 6. The first-order chi connectivity index (χ1) is 10.1. The first-order valence-corrected chi connectivity index (χ1v) is 7.92. The summed E-state index contributed by atoms with van der Waals surface area (Å²) in [5.41, 5.74) is 6.48. The topological polar surface area (TPSA) is 41.7 Å². The number of benzene rings is 1. The third-order valence-corrected chi connectivity index (χ3v) is 4.29. The van der Waals surface area contributed by atoms with Crippen LogP contribution in [0.1, 0.15) is 18.9 Å². The molecule has 0 aliphatic carbocycles. The Kier molecular flexibility index (Phi) is 5.96. The van der Waals surface area contributed by atoms with Crippen LogP contribution in [-0.4, -0.2) is 60.7 Å². The summed E-state index contributed by atoms with van der Waals surface area (Å²) in [5.74, 6) is 0.840. The molecule has 1 heterocycles. The quantitative estimate of drug-likeness (QED) is 0.640. The minimum absolute atomic E-state index is 0.409. The number of nitrogens with two attached hydrogens (primary N) is 1. The molecule has 116 valence electrons. The average Bonchev–Trinajstić information content (AvgIpc) is 2.47. The summed E-state index contributed by atoms with van der Waals surface area (Å²) in [6.07, 6.45) is 1.04. The molecule has 0 aromatic heterocycles. The Morgan fingerprint density at radius 3 is 2.95 bits per heavy atom. The molecule has 0 bridgehead atoms. The maximum Gasteiger partial charge on any atom is 0.119 e.